The highest BCUT2D eigenvalue weighted by Gasteiger charge is 2.28. The molecule has 0 aromatic carbocycles. The van der Waals surface area contributed by atoms with E-state index in [1.165, 1.54) is 18.2 Å². The number of anilines is 1. The average Bonchev–Trinajstić information content (AvgIpc) is 2.99. The zero-order valence-electron chi connectivity index (χ0n) is 11.9. The van der Waals surface area contributed by atoms with Crippen LogP contribution in [0.1, 0.15) is 25.7 Å². The SMILES string of the molecule is COc1ccc(NC(=O)N(CC(=O)O)C2CCCC2)cn1. The molecule has 1 aromatic rings. The topological polar surface area (TPSA) is 91.8 Å². The van der Waals surface area contributed by atoms with Gasteiger partial charge in [0.25, 0.3) is 0 Å². The second kappa shape index (κ2) is 6.92. The summed E-state index contributed by atoms with van der Waals surface area (Å²) in [6.45, 7) is -0.292. The molecule has 1 saturated carbocycles. The van der Waals surface area contributed by atoms with Crippen LogP contribution in [-0.2, 0) is 4.79 Å². The normalized spacial score (nSPS) is 14.7. The molecule has 0 saturated heterocycles. The second-order valence-electron chi connectivity index (χ2n) is 4.98. The van der Waals surface area contributed by atoms with Crippen LogP contribution in [0.5, 0.6) is 5.88 Å². The zero-order valence-corrected chi connectivity index (χ0v) is 11.9. The molecule has 1 heterocycles. The maximum absolute atomic E-state index is 12.3. The number of aliphatic carboxylic acids is 1. The highest BCUT2D eigenvalue weighted by molar-refractivity contribution is 5.91. The summed E-state index contributed by atoms with van der Waals surface area (Å²) in [7, 11) is 1.51. The number of carbonyl (C=O) groups is 2. The number of nitrogens with one attached hydrogen (secondary N) is 1. The van der Waals surface area contributed by atoms with E-state index in [-0.39, 0.29) is 12.6 Å². The van der Waals surface area contributed by atoms with E-state index in [4.69, 9.17) is 9.84 Å². The molecule has 1 aliphatic carbocycles. The van der Waals surface area contributed by atoms with Crippen LogP contribution in [0.15, 0.2) is 18.3 Å². The summed E-state index contributed by atoms with van der Waals surface area (Å²) in [5, 5.41) is 11.7. The third-order valence-corrected chi connectivity index (χ3v) is 3.53. The van der Waals surface area contributed by atoms with Gasteiger partial charge in [0.2, 0.25) is 5.88 Å². The largest absolute Gasteiger partial charge is 0.481 e. The Hall–Kier alpha value is -2.31. The van der Waals surface area contributed by atoms with E-state index in [1.54, 1.807) is 12.1 Å². The molecule has 1 aromatic heterocycles. The minimum Gasteiger partial charge on any atom is -0.481 e. The van der Waals surface area contributed by atoms with Gasteiger partial charge in [-0.05, 0) is 18.9 Å². The van der Waals surface area contributed by atoms with Crippen LogP contribution in [0.2, 0.25) is 0 Å². The van der Waals surface area contributed by atoms with Crippen LogP contribution in [0, 0.1) is 0 Å². The molecule has 0 atom stereocenters. The van der Waals surface area contributed by atoms with Gasteiger partial charge >= 0.3 is 12.0 Å². The van der Waals surface area contributed by atoms with Gasteiger partial charge in [0.15, 0.2) is 0 Å². The lowest BCUT2D eigenvalue weighted by molar-refractivity contribution is -0.138. The third-order valence-electron chi connectivity index (χ3n) is 3.53. The van der Waals surface area contributed by atoms with Gasteiger partial charge in [-0.2, -0.15) is 0 Å². The summed E-state index contributed by atoms with van der Waals surface area (Å²) in [5.74, 6) is -0.559. The van der Waals surface area contributed by atoms with Crippen molar-refractivity contribution in [3.63, 3.8) is 0 Å². The zero-order chi connectivity index (χ0) is 15.2. The number of aromatic nitrogens is 1. The Bertz CT molecular complexity index is 497. The Morgan fingerprint density at radius 1 is 1.43 bits per heavy atom. The van der Waals surface area contributed by atoms with Crippen molar-refractivity contribution >= 4 is 17.7 Å². The lowest BCUT2D eigenvalue weighted by Crippen LogP contribution is -2.44. The second-order valence-corrected chi connectivity index (χ2v) is 4.98. The number of carbonyl (C=O) groups excluding carboxylic acids is 1. The monoisotopic (exact) mass is 293 g/mol. The number of carboxylic acid groups (broad SMARTS) is 1. The standard InChI is InChI=1S/C14H19N3O4/c1-21-12-7-6-10(8-15-12)16-14(20)17(9-13(18)19)11-4-2-3-5-11/h6-8,11H,2-5,9H2,1H3,(H,16,20)(H,18,19). The van der Waals surface area contributed by atoms with Gasteiger partial charge in [-0.1, -0.05) is 12.8 Å². The highest BCUT2D eigenvalue weighted by Crippen LogP contribution is 2.24. The molecule has 0 unspecified atom stereocenters. The first-order valence-corrected chi connectivity index (χ1v) is 6.89. The van der Waals surface area contributed by atoms with Gasteiger partial charge in [-0.25, -0.2) is 9.78 Å². The molecular weight excluding hydrogens is 274 g/mol. The summed E-state index contributed by atoms with van der Waals surface area (Å²) in [4.78, 5) is 28.6. The summed E-state index contributed by atoms with van der Waals surface area (Å²) in [5.41, 5.74) is 0.509. The average molecular weight is 293 g/mol. The van der Waals surface area contributed by atoms with Gasteiger partial charge in [-0.3, -0.25) is 4.79 Å². The number of nitrogens with zero attached hydrogens (tertiary/aromatic N) is 2. The van der Waals surface area contributed by atoms with Gasteiger partial charge in [0, 0.05) is 12.1 Å². The van der Waals surface area contributed by atoms with Crippen molar-refractivity contribution in [1.82, 2.24) is 9.88 Å². The first-order chi connectivity index (χ1) is 10.1. The minimum atomic E-state index is -1.01. The number of amides is 2. The fraction of sp³-hybridized carbons (Fsp3) is 0.500. The fourth-order valence-electron chi connectivity index (χ4n) is 2.50. The maximum atomic E-state index is 12.3. The van der Waals surface area contributed by atoms with E-state index >= 15 is 0 Å². The lowest BCUT2D eigenvalue weighted by atomic mass is 10.2. The molecule has 1 aliphatic rings. The van der Waals surface area contributed by atoms with Crippen LogP contribution in [-0.4, -0.2) is 46.7 Å². The van der Waals surface area contributed by atoms with Crippen molar-refractivity contribution < 1.29 is 19.4 Å². The van der Waals surface area contributed by atoms with E-state index in [2.05, 4.69) is 10.3 Å². The van der Waals surface area contributed by atoms with Crippen molar-refractivity contribution in [2.45, 2.75) is 31.7 Å². The molecule has 0 radical (unpaired) electrons. The Morgan fingerprint density at radius 2 is 2.14 bits per heavy atom. The minimum absolute atomic E-state index is 0.00712. The molecule has 0 aliphatic heterocycles. The van der Waals surface area contributed by atoms with Crippen molar-refractivity contribution in [3.8, 4) is 5.88 Å². The van der Waals surface area contributed by atoms with E-state index in [0.29, 0.717) is 11.6 Å². The lowest BCUT2D eigenvalue weighted by Gasteiger charge is -2.27. The molecule has 0 spiro atoms. The van der Waals surface area contributed by atoms with Crippen molar-refractivity contribution in [1.29, 1.82) is 0 Å². The molecule has 0 bridgehead atoms. The van der Waals surface area contributed by atoms with E-state index in [9.17, 15) is 9.59 Å². The Morgan fingerprint density at radius 3 is 2.67 bits per heavy atom. The van der Waals surface area contributed by atoms with Crippen LogP contribution >= 0.6 is 0 Å². The molecule has 2 rings (SSSR count). The van der Waals surface area contributed by atoms with Crippen LogP contribution < -0.4 is 10.1 Å². The van der Waals surface area contributed by atoms with E-state index < -0.39 is 12.0 Å². The Balaban J connectivity index is 2.04. The van der Waals surface area contributed by atoms with Crippen LogP contribution in [0.4, 0.5) is 10.5 Å². The van der Waals surface area contributed by atoms with Crippen molar-refractivity contribution in [2.24, 2.45) is 0 Å². The Labute approximate surface area is 122 Å². The number of urea groups is 1. The van der Waals surface area contributed by atoms with Gasteiger partial charge < -0.3 is 20.1 Å². The summed E-state index contributed by atoms with van der Waals surface area (Å²) in [6, 6.07) is 2.88. The van der Waals surface area contributed by atoms with Crippen molar-refractivity contribution in [2.75, 3.05) is 19.0 Å². The van der Waals surface area contributed by atoms with Crippen LogP contribution in [0.25, 0.3) is 0 Å². The van der Waals surface area contributed by atoms with Gasteiger partial charge in [0.05, 0.1) is 19.0 Å². The molecule has 2 N–H and O–H groups in total. The predicted molar refractivity (Wildman–Crippen MR) is 76.4 cm³/mol. The number of hydrogen-bond donors (Lipinski definition) is 2. The smallest absolute Gasteiger partial charge is 0.323 e. The summed E-state index contributed by atoms with van der Waals surface area (Å²) < 4.78 is 4.94. The number of methoxy groups -OCH3 is 1. The molecule has 7 heteroatoms. The summed E-state index contributed by atoms with van der Waals surface area (Å²) >= 11 is 0. The first kappa shape index (κ1) is 15.1. The van der Waals surface area contributed by atoms with E-state index in [0.717, 1.165) is 25.7 Å². The number of ether oxygens (including phenoxy) is 1. The quantitative estimate of drug-likeness (QED) is 0.865. The summed E-state index contributed by atoms with van der Waals surface area (Å²) in [6.07, 6.45) is 5.23. The molecule has 2 amide bonds. The first-order valence-electron chi connectivity index (χ1n) is 6.89. The van der Waals surface area contributed by atoms with Crippen molar-refractivity contribution in [3.05, 3.63) is 18.3 Å². The number of hydrogen-bond acceptors (Lipinski definition) is 4. The third kappa shape index (κ3) is 4.08. The maximum Gasteiger partial charge on any atom is 0.323 e. The van der Waals surface area contributed by atoms with Gasteiger partial charge in [-0.15, -0.1) is 0 Å². The Kier molecular flexibility index (Phi) is 4.97. The molecule has 21 heavy (non-hydrogen) atoms. The molecular formula is C14H19N3O4. The number of carboxylic acids is 1. The van der Waals surface area contributed by atoms with Crippen LogP contribution in [0.3, 0.4) is 0 Å². The van der Waals surface area contributed by atoms with E-state index in [1.807, 2.05) is 0 Å². The van der Waals surface area contributed by atoms with Gasteiger partial charge in [0.1, 0.15) is 6.54 Å². The molecule has 114 valence electrons. The number of pyridine rings is 1. The molecule has 7 nitrogen and oxygen atoms in total. The molecule has 1 fully saturated rings. The predicted octanol–water partition coefficient (Wildman–Crippen LogP) is 1.95. The fourth-order valence-corrected chi connectivity index (χ4v) is 2.50. The highest BCUT2D eigenvalue weighted by atomic mass is 16.5. The number of rotatable bonds is 5.